The molecule has 0 N–H and O–H groups in total. The highest BCUT2D eigenvalue weighted by Crippen LogP contribution is 2.27. The predicted molar refractivity (Wildman–Crippen MR) is 105 cm³/mol. The van der Waals surface area contributed by atoms with Crippen molar-refractivity contribution in [2.45, 2.75) is 6.92 Å². The summed E-state index contributed by atoms with van der Waals surface area (Å²) in [5, 5.41) is 1.09. The molecule has 1 aliphatic heterocycles. The van der Waals surface area contributed by atoms with Gasteiger partial charge in [0.05, 0.1) is 17.4 Å². The highest BCUT2D eigenvalue weighted by atomic mass is 15.3. The molecule has 0 saturated carbocycles. The fraction of sp³-hybridized carbons (Fsp3) is 0.368. The van der Waals surface area contributed by atoms with E-state index in [1.807, 2.05) is 32.1 Å². The number of aryl methyl sites for hydroxylation is 1. The average molecular weight is 349 g/mol. The van der Waals surface area contributed by atoms with Crippen molar-refractivity contribution < 1.29 is 0 Å². The number of benzene rings is 1. The van der Waals surface area contributed by atoms with Gasteiger partial charge in [-0.1, -0.05) is 0 Å². The van der Waals surface area contributed by atoms with Crippen LogP contribution in [0, 0.1) is 6.92 Å². The van der Waals surface area contributed by atoms with Gasteiger partial charge in [-0.05, 0) is 25.1 Å². The van der Waals surface area contributed by atoms with Crippen LogP contribution in [0.5, 0.6) is 0 Å². The number of fused-ring (bicyclic) bond motifs is 1. The molecule has 0 spiro atoms. The lowest BCUT2D eigenvalue weighted by Crippen LogP contribution is -2.46. The van der Waals surface area contributed by atoms with Crippen molar-refractivity contribution in [3.63, 3.8) is 0 Å². The van der Waals surface area contributed by atoms with E-state index in [2.05, 4.69) is 47.9 Å². The minimum Gasteiger partial charge on any atom is -0.368 e. The quantitative estimate of drug-likeness (QED) is 0.718. The molecule has 0 atom stereocenters. The Morgan fingerprint density at radius 1 is 0.962 bits per heavy atom. The van der Waals surface area contributed by atoms with Crippen molar-refractivity contribution in [1.82, 2.24) is 19.9 Å². The second-order valence-corrected chi connectivity index (χ2v) is 6.79. The van der Waals surface area contributed by atoms with Gasteiger partial charge < -0.3 is 14.7 Å². The zero-order valence-corrected chi connectivity index (χ0v) is 15.4. The van der Waals surface area contributed by atoms with Gasteiger partial charge in [-0.3, -0.25) is 4.98 Å². The number of nitrogens with zero attached hydrogens (tertiary/aromatic N) is 7. The number of aromatic nitrogens is 4. The molecule has 4 rings (SSSR count). The van der Waals surface area contributed by atoms with Crippen LogP contribution >= 0.6 is 0 Å². The fourth-order valence-corrected chi connectivity index (χ4v) is 3.38. The second kappa shape index (κ2) is 6.74. The van der Waals surface area contributed by atoms with E-state index in [1.54, 1.807) is 12.5 Å². The lowest BCUT2D eigenvalue weighted by molar-refractivity contribution is 0.645. The van der Waals surface area contributed by atoms with Crippen molar-refractivity contribution in [3.8, 4) is 0 Å². The van der Waals surface area contributed by atoms with E-state index in [0.29, 0.717) is 0 Å². The van der Waals surface area contributed by atoms with Crippen molar-refractivity contribution in [2.75, 3.05) is 55.0 Å². The molecular formula is C19H23N7. The standard InChI is InChI=1S/C19H23N7/c1-14-11-20-12-18(23-14)26-8-6-25(7-9-26)15-4-5-17-16(10-15)19(24(2)3)22-13-21-17/h4-5,10-13H,6-9H2,1-3H3. The molecule has 0 radical (unpaired) electrons. The lowest BCUT2D eigenvalue weighted by Gasteiger charge is -2.36. The topological polar surface area (TPSA) is 61.3 Å². The van der Waals surface area contributed by atoms with Gasteiger partial charge in [-0.15, -0.1) is 0 Å². The maximum atomic E-state index is 4.59. The van der Waals surface area contributed by atoms with Crippen LogP contribution in [0.2, 0.25) is 0 Å². The van der Waals surface area contributed by atoms with Gasteiger partial charge in [0.2, 0.25) is 0 Å². The molecule has 134 valence electrons. The molecule has 3 aromatic rings. The first-order valence-electron chi connectivity index (χ1n) is 8.82. The number of rotatable bonds is 3. The van der Waals surface area contributed by atoms with Gasteiger partial charge in [0.1, 0.15) is 18.0 Å². The van der Waals surface area contributed by atoms with E-state index in [1.165, 1.54) is 5.69 Å². The summed E-state index contributed by atoms with van der Waals surface area (Å²) in [4.78, 5) is 24.4. The summed E-state index contributed by atoms with van der Waals surface area (Å²) in [5.41, 5.74) is 3.14. The summed E-state index contributed by atoms with van der Waals surface area (Å²) in [6.07, 6.45) is 5.26. The molecule has 0 unspecified atom stereocenters. The molecule has 2 aromatic heterocycles. The summed E-state index contributed by atoms with van der Waals surface area (Å²) in [6, 6.07) is 6.43. The zero-order valence-electron chi connectivity index (χ0n) is 15.4. The largest absolute Gasteiger partial charge is 0.368 e. The van der Waals surface area contributed by atoms with E-state index in [4.69, 9.17) is 0 Å². The third kappa shape index (κ3) is 3.12. The van der Waals surface area contributed by atoms with E-state index in [0.717, 1.165) is 54.4 Å². The van der Waals surface area contributed by atoms with Crippen LogP contribution < -0.4 is 14.7 Å². The Labute approximate surface area is 153 Å². The van der Waals surface area contributed by atoms with Gasteiger partial charge in [0.25, 0.3) is 0 Å². The third-order valence-electron chi connectivity index (χ3n) is 4.73. The van der Waals surface area contributed by atoms with E-state index in [-0.39, 0.29) is 0 Å². The maximum Gasteiger partial charge on any atom is 0.147 e. The summed E-state index contributed by atoms with van der Waals surface area (Å²) >= 11 is 0. The van der Waals surface area contributed by atoms with E-state index >= 15 is 0 Å². The molecular weight excluding hydrogens is 326 g/mol. The molecule has 7 nitrogen and oxygen atoms in total. The molecule has 1 aliphatic rings. The Morgan fingerprint density at radius 2 is 1.73 bits per heavy atom. The van der Waals surface area contributed by atoms with Crippen LogP contribution in [0.1, 0.15) is 5.69 Å². The highest BCUT2D eigenvalue weighted by Gasteiger charge is 2.19. The minimum absolute atomic E-state index is 0.933. The van der Waals surface area contributed by atoms with Gasteiger partial charge in [0.15, 0.2) is 0 Å². The number of hydrogen-bond donors (Lipinski definition) is 0. The number of hydrogen-bond acceptors (Lipinski definition) is 7. The van der Waals surface area contributed by atoms with Crippen LogP contribution in [0.25, 0.3) is 10.9 Å². The smallest absolute Gasteiger partial charge is 0.147 e. The summed E-state index contributed by atoms with van der Waals surface area (Å²) in [6.45, 7) is 5.74. The monoisotopic (exact) mass is 349 g/mol. The first-order chi connectivity index (χ1) is 12.6. The Kier molecular flexibility index (Phi) is 4.28. The molecule has 0 bridgehead atoms. The van der Waals surface area contributed by atoms with E-state index in [9.17, 15) is 0 Å². The van der Waals surface area contributed by atoms with Crippen molar-refractivity contribution in [2.24, 2.45) is 0 Å². The normalized spacial score (nSPS) is 14.7. The second-order valence-electron chi connectivity index (χ2n) is 6.79. The molecule has 3 heterocycles. The van der Waals surface area contributed by atoms with Gasteiger partial charge >= 0.3 is 0 Å². The molecule has 0 amide bonds. The van der Waals surface area contributed by atoms with Gasteiger partial charge in [-0.2, -0.15) is 0 Å². The molecule has 1 fully saturated rings. The van der Waals surface area contributed by atoms with Crippen molar-refractivity contribution in [1.29, 1.82) is 0 Å². The average Bonchev–Trinajstić information content (AvgIpc) is 2.67. The van der Waals surface area contributed by atoms with Gasteiger partial charge in [0, 0.05) is 57.5 Å². The highest BCUT2D eigenvalue weighted by molar-refractivity contribution is 5.91. The molecule has 0 aliphatic carbocycles. The Bertz CT molecular complexity index is 917. The van der Waals surface area contributed by atoms with Crippen LogP contribution in [-0.4, -0.2) is 60.2 Å². The zero-order chi connectivity index (χ0) is 18.1. The van der Waals surface area contributed by atoms with Crippen molar-refractivity contribution in [3.05, 3.63) is 42.6 Å². The Morgan fingerprint density at radius 3 is 2.46 bits per heavy atom. The number of piperazine rings is 1. The van der Waals surface area contributed by atoms with Crippen LogP contribution in [-0.2, 0) is 0 Å². The summed E-state index contributed by atoms with van der Waals surface area (Å²) in [5.74, 6) is 1.91. The molecule has 1 aromatic carbocycles. The minimum atomic E-state index is 0.933. The first-order valence-corrected chi connectivity index (χ1v) is 8.82. The van der Waals surface area contributed by atoms with Crippen LogP contribution in [0.4, 0.5) is 17.3 Å². The van der Waals surface area contributed by atoms with Crippen LogP contribution in [0.15, 0.2) is 36.9 Å². The molecule has 1 saturated heterocycles. The lowest BCUT2D eigenvalue weighted by atomic mass is 10.1. The van der Waals surface area contributed by atoms with Crippen LogP contribution in [0.3, 0.4) is 0 Å². The SMILES string of the molecule is Cc1cncc(N2CCN(c3ccc4ncnc(N(C)C)c4c3)CC2)n1. The predicted octanol–water partition coefficient (Wildman–Crippen LogP) is 2.12. The maximum absolute atomic E-state index is 4.59. The third-order valence-corrected chi connectivity index (χ3v) is 4.73. The molecule has 7 heteroatoms. The van der Waals surface area contributed by atoms with Gasteiger partial charge in [-0.25, -0.2) is 15.0 Å². The van der Waals surface area contributed by atoms with Crippen molar-refractivity contribution >= 4 is 28.2 Å². The number of anilines is 3. The Hall–Kier alpha value is -2.96. The molecule has 26 heavy (non-hydrogen) atoms. The fourth-order valence-electron chi connectivity index (χ4n) is 3.38. The summed E-state index contributed by atoms with van der Waals surface area (Å²) < 4.78 is 0. The first kappa shape index (κ1) is 16.5. The van der Waals surface area contributed by atoms with E-state index < -0.39 is 0 Å². The summed E-state index contributed by atoms with van der Waals surface area (Å²) in [7, 11) is 4.02. The Balaban J connectivity index is 1.55.